The summed E-state index contributed by atoms with van der Waals surface area (Å²) in [7, 11) is -3.38. The van der Waals surface area contributed by atoms with Crippen molar-refractivity contribution >= 4 is 41.9 Å². The summed E-state index contributed by atoms with van der Waals surface area (Å²) < 4.78 is 28.1. The van der Waals surface area contributed by atoms with E-state index in [9.17, 15) is 8.42 Å². The molecule has 1 fully saturated rings. The highest BCUT2D eigenvalue weighted by atomic mass is 79.9. The van der Waals surface area contributed by atoms with Crippen molar-refractivity contribution in [1.29, 1.82) is 0 Å². The standard InChI is InChI=1S/C12H15Br2NO2S/c1-9-4-6-15(7-5-9)18(16,17)12-8-10(13)2-3-11(12)14/h2-3,8-9H,4-7H2,1H3. The molecule has 2 rings (SSSR count). The number of rotatable bonds is 2. The third-order valence-corrected chi connectivity index (χ3v) is 6.64. The average Bonchev–Trinajstić information content (AvgIpc) is 2.32. The third-order valence-electron chi connectivity index (χ3n) is 3.25. The van der Waals surface area contributed by atoms with Gasteiger partial charge in [0.2, 0.25) is 10.0 Å². The van der Waals surface area contributed by atoms with Crippen LogP contribution in [0.5, 0.6) is 0 Å². The number of hydrogen-bond acceptors (Lipinski definition) is 2. The number of halogens is 2. The van der Waals surface area contributed by atoms with Crippen molar-refractivity contribution in [3.8, 4) is 0 Å². The average molecular weight is 397 g/mol. The van der Waals surface area contributed by atoms with Crippen LogP contribution >= 0.6 is 31.9 Å². The maximum Gasteiger partial charge on any atom is 0.244 e. The van der Waals surface area contributed by atoms with E-state index in [1.165, 1.54) is 0 Å². The second-order valence-electron chi connectivity index (χ2n) is 4.66. The molecule has 1 aliphatic heterocycles. The Labute approximate surface area is 125 Å². The lowest BCUT2D eigenvalue weighted by Gasteiger charge is -2.29. The monoisotopic (exact) mass is 395 g/mol. The van der Waals surface area contributed by atoms with Gasteiger partial charge in [-0.05, 0) is 52.9 Å². The van der Waals surface area contributed by atoms with E-state index in [1.807, 2.05) is 6.07 Å². The molecule has 0 aliphatic carbocycles. The van der Waals surface area contributed by atoms with Crippen LogP contribution in [0, 0.1) is 5.92 Å². The van der Waals surface area contributed by atoms with E-state index in [0.717, 1.165) is 17.3 Å². The van der Waals surface area contributed by atoms with E-state index in [0.29, 0.717) is 28.4 Å². The van der Waals surface area contributed by atoms with Gasteiger partial charge in [0, 0.05) is 22.0 Å². The Kier molecular flexibility index (Phi) is 4.52. The van der Waals surface area contributed by atoms with Crippen molar-refractivity contribution < 1.29 is 8.42 Å². The van der Waals surface area contributed by atoms with Gasteiger partial charge >= 0.3 is 0 Å². The highest BCUT2D eigenvalue weighted by molar-refractivity contribution is 9.11. The predicted molar refractivity (Wildman–Crippen MR) is 79.0 cm³/mol. The molecule has 0 spiro atoms. The Hall–Kier alpha value is 0.0900. The van der Waals surface area contributed by atoms with Gasteiger partial charge in [-0.1, -0.05) is 22.9 Å². The fraction of sp³-hybridized carbons (Fsp3) is 0.500. The van der Waals surface area contributed by atoms with Gasteiger partial charge in [0.1, 0.15) is 0 Å². The van der Waals surface area contributed by atoms with Crippen molar-refractivity contribution in [2.75, 3.05) is 13.1 Å². The molecular weight excluding hydrogens is 382 g/mol. The van der Waals surface area contributed by atoms with Gasteiger partial charge in [-0.25, -0.2) is 8.42 Å². The molecule has 3 nitrogen and oxygen atoms in total. The number of hydrogen-bond donors (Lipinski definition) is 0. The van der Waals surface area contributed by atoms with Crippen molar-refractivity contribution in [1.82, 2.24) is 4.31 Å². The summed E-state index contributed by atoms with van der Waals surface area (Å²) in [5.41, 5.74) is 0. The number of nitrogens with zero attached hydrogens (tertiary/aromatic N) is 1. The molecule has 0 bridgehead atoms. The first-order valence-electron chi connectivity index (χ1n) is 5.86. The smallest absolute Gasteiger partial charge is 0.207 e. The van der Waals surface area contributed by atoms with Crippen LogP contribution in [-0.4, -0.2) is 25.8 Å². The molecule has 0 unspecified atom stereocenters. The third kappa shape index (κ3) is 2.98. The van der Waals surface area contributed by atoms with Crippen molar-refractivity contribution in [2.45, 2.75) is 24.7 Å². The molecule has 18 heavy (non-hydrogen) atoms. The molecule has 0 saturated carbocycles. The van der Waals surface area contributed by atoms with E-state index >= 15 is 0 Å². The molecule has 1 aliphatic rings. The maximum atomic E-state index is 12.5. The molecule has 0 aromatic heterocycles. The summed E-state index contributed by atoms with van der Waals surface area (Å²) in [4.78, 5) is 0.339. The van der Waals surface area contributed by atoms with E-state index in [2.05, 4.69) is 38.8 Å². The highest BCUT2D eigenvalue weighted by Gasteiger charge is 2.29. The number of benzene rings is 1. The second kappa shape index (κ2) is 5.61. The minimum absolute atomic E-state index is 0.339. The fourth-order valence-electron chi connectivity index (χ4n) is 2.04. The summed E-state index contributed by atoms with van der Waals surface area (Å²) in [6, 6.07) is 5.22. The first-order chi connectivity index (χ1) is 8.41. The van der Waals surface area contributed by atoms with Crippen LogP contribution < -0.4 is 0 Å². The molecule has 6 heteroatoms. The zero-order valence-electron chi connectivity index (χ0n) is 10.1. The lowest BCUT2D eigenvalue weighted by Crippen LogP contribution is -2.38. The SMILES string of the molecule is CC1CCN(S(=O)(=O)c2cc(Br)ccc2Br)CC1. The maximum absolute atomic E-state index is 12.5. The summed E-state index contributed by atoms with van der Waals surface area (Å²) >= 11 is 6.64. The molecule has 0 N–H and O–H groups in total. The Morgan fingerprint density at radius 2 is 1.83 bits per heavy atom. The Morgan fingerprint density at radius 1 is 1.22 bits per heavy atom. The van der Waals surface area contributed by atoms with E-state index in [1.54, 1.807) is 16.4 Å². The van der Waals surface area contributed by atoms with Crippen molar-refractivity contribution in [3.63, 3.8) is 0 Å². The van der Waals surface area contributed by atoms with Gasteiger partial charge in [0.05, 0.1) is 4.90 Å². The van der Waals surface area contributed by atoms with Gasteiger partial charge in [0.15, 0.2) is 0 Å². The fourth-order valence-corrected chi connectivity index (χ4v) is 4.97. The Bertz CT molecular complexity index is 537. The van der Waals surface area contributed by atoms with Crippen LogP contribution in [0.25, 0.3) is 0 Å². The lowest BCUT2D eigenvalue weighted by molar-refractivity contribution is 0.288. The van der Waals surface area contributed by atoms with Gasteiger partial charge in [-0.15, -0.1) is 0 Å². The van der Waals surface area contributed by atoms with Crippen LogP contribution in [0.3, 0.4) is 0 Å². The van der Waals surface area contributed by atoms with Crippen LogP contribution in [0.2, 0.25) is 0 Å². The van der Waals surface area contributed by atoms with E-state index < -0.39 is 10.0 Å². The largest absolute Gasteiger partial charge is 0.244 e. The summed E-state index contributed by atoms with van der Waals surface area (Å²) in [6.45, 7) is 3.39. The molecule has 0 amide bonds. The molecule has 100 valence electrons. The molecule has 1 aromatic carbocycles. The molecule has 1 heterocycles. The van der Waals surface area contributed by atoms with Crippen LogP contribution in [-0.2, 0) is 10.0 Å². The zero-order valence-corrected chi connectivity index (χ0v) is 14.1. The Morgan fingerprint density at radius 3 is 2.44 bits per heavy atom. The van der Waals surface area contributed by atoms with Gasteiger partial charge in [0.25, 0.3) is 0 Å². The summed E-state index contributed by atoms with van der Waals surface area (Å²) in [6.07, 6.45) is 1.87. The normalized spacial score (nSPS) is 19.1. The summed E-state index contributed by atoms with van der Waals surface area (Å²) in [5.74, 6) is 0.613. The minimum atomic E-state index is -3.38. The highest BCUT2D eigenvalue weighted by Crippen LogP contribution is 2.30. The number of sulfonamides is 1. The minimum Gasteiger partial charge on any atom is -0.207 e. The van der Waals surface area contributed by atoms with Gasteiger partial charge in [-0.2, -0.15) is 4.31 Å². The van der Waals surface area contributed by atoms with Crippen LogP contribution in [0.1, 0.15) is 19.8 Å². The first-order valence-corrected chi connectivity index (χ1v) is 8.89. The van der Waals surface area contributed by atoms with E-state index in [4.69, 9.17) is 0 Å². The van der Waals surface area contributed by atoms with Crippen molar-refractivity contribution in [2.24, 2.45) is 5.92 Å². The summed E-state index contributed by atoms with van der Waals surface area (Å²) in [5, 5.41) is 0. The molecule has 0 radical (unpaired) electrons. The quantitative estimate of drug-likeness (QED) is 0.765. The molecule has 1 saturated heterocycles. The Balaban J connectivity index is 2.33. The number of piperidine rings is 1. The van der Waals surface area contributed by atoms with E-state index in [-0.39, 0.29) is 0 Å². The predicted octanol–water partition coefficient (Wildman–Crippen LogP) is 3.63. The van der Waals surface area contributed by atoms with Crippen LogP contribution in [0.15, 0.2) is 32.0 Å². The van der Waals surface area contributed by atoms with Crippen molar-refractivity contribution in [3.05, 3.63) is 27.1 Å². The lowest BCUT2D eigenvalue weighted by atomic mass is 10.0. The zero-order chi connectivity index (χ0) is 13.3. The second-order valence-corrected chi connectivity index (χ2v) is 8.34. The molecule has 1 aromatic rings. The van der Waals surface area contributed by atoms with Gasteiger partial charge < -0.3 is 0 Å². The van der Waals surface area contributed by atoms with Gasteiger partial charge in [-0.3, -0.25) is 0 Å². The molecule has 0 atom stereocenters. The van der Waals surface area contributed by atoms with Crippen LogP contribution in [0.4, 0.5) is 0 Å². The topological polar surface area (TPSA) is 37.4 Å². The first kappa shape index (κ1) is 14.5. The molecular formula is C12H15Br2NO2S.